The number of aliphatic hydroxyl groups is 1. The zero-order chi connectivity index (χ0) is 19.6. The van der Waals surface area contributed by atoms with Gasteiger partial charge in [0.2, 0.25) is 10.0 Å². The first-order valence-electron chi connectivity index (χ1n) is 8.21. The molecule has 0 amide bonds. The molecule has 0 saturated carbocycles. The van der Waals surface area contributed by atoms with Crippen molar-refractivity contribution >= 4 is 10.0 Å². The van der Waals surface area contributed by atoms with Crippen molar-refractivity contribution in [2.45, 2.75) is 18.0 Å². The number of hydrogen-bond acceptors (Lipinski definition) is 4. The highest BCUT2D eigenvalue weighted by Gasteiger charge is 2.53. The van der Waals surface area contributed by atoms with Gasteiger partial charge in [-0.2, -0.15) is 9.57 Å². The third kappa shape index (κ3) is 3.86. The molecule has 7 heteroatoms. The first-order valence-corrected chi connectivity index (χ1v) is 10.1. The van der Waals surface area contributed by atoms with E-state index in [4.69, 9.17) is 0 Å². The van der Waals surface area contributed by atoms with Gasteiger partial charge in [-0.15, -0.1) is 0 Å². The highest BCUT2D eigenvalue weighted by molar-refractivity contribution is 7.88. The van der Waals surface area contributed by atoms with E-state index in [-0.39, 0.29) is 12.4 Å². The molecule has 0 aliphatic carbocycles. The van der Waals surface area contributed by atoms with Gasteiger partial charge in [-0.25, -0.2) is 12.8 Å². The van der Waals surface area contributed by atoms with Gasteiger partial charge >= 0.3 is 0 Å². The monoisotopic (exact) mass is 384 g/mol. The Bertz CT molecular complexity index is 1050. The summed E-state index contributed by atoms with van der Waals surface area (Å²) < 4.78 is 37.9. The molecule has 1 aliphatic heterocycles. The predicted octanol–water partition coefficient (Wildman–Crippen LogP) is 1.84. The van der Waals surface area contributed by atoms with Crippen LogP contribution < -0.4 is 0 Å². The van der Waals surface area contributed by atoms with E-state index in [0.29, 0.717) is 11.1 Å². The molecule has 0 unspecified atom stereocenters. The summed E-state index contributed by atoms with van der Waals surface area (Å²) in [5, 5.41) is 18.9. The SMILES string of the molecule is CS(=O)(=O)N1[C@H](C#N)[C@@H](c2ccc(C#Cc3cccc(F)c3)cc2)[C@@H]1CO. The van der Waals surface area contributed by atoms with Gasteiger partial charge in [0.15, 0.2) is 0 Å². The molecule has 2 aromatic rings. The summed E-state index contributed by atoms with van der Waals surface area (Å²) in [5.41, 5.74) is 2.03. The standard InChI is InChI=1S/C20H17FN2O3S/c1-27(25,26)23-18(12-22)20(19(23)13-24)16-9-7-14(8-10-16)5-6-15-3-2-4-17(21)11-15/h2-4,7-11,18-20,24H,13H2,1H3/t18-,19+,20-/m1/s1. The first-order chi connectivity index (χ1) is 12.8. The molecule has 0 bridgehead atoms. The molecule has 3 rings (SSSR count). The van der Waals surface area contributed by atoms with Crippen LogP contribution in [0.15, 0.2) is 48.5 Å². The fourth-order valence-corrected chi connectivity index (χ4v) is 4.60. The Morgan fingerprint density at radius 2 is 1.81 bits per heavy atom. The molecule has 5 nitrogen and oxygen atoms in total. The van der Waals surface area contributed by atoms with E-state index < -0.39 is 28.0 Å². The van der Waals surface area contributed by atoms with Crippen LogP contribution in [0.2, 0.25) is 0 Å². The topological polar surface area (TPSA) is 81.4 Å². The maximum Gasteiger partial charge on any atom is 0.212 e. The number of nitriles is 1. The predicted molar refractivity (Wildman–Crippen MR) is 98.5 cm³/mol. The van der Waals surface area contributed by atoms with Crippen LogP contribution in [0.25, 0.3) is 0 Å². The van der Waals surface area contributed by atoms with Gasteiger partial charge in [0, 0.05) is 17.0 Å². The zero-order valence-electron chi connectivity index (χ0n) is 14.5. The maximum atomic E-state index is 13.2. The Kier molecular flexibility index (Phi) is 5.29. The van der Waals surface area contributed by atoms with Crippen molar-refractivity contribution in [2.75, 3.05) is 12.9 Å². The van der Waals surface area contributed by atoms with Gasteiger partial charge in [0.1, 0.15) is 11.9 Å². The number of halogens is 1. The number of aliphatic hydroxyl groups excluding tert-OH is 1. The number of sulfonamides is 1. The van der Waals surface area contributed by atoms with Gasteiger partial charge in [0.05, 0.1) is 25.0 Å². The fraction of sp³-hybridized carbons (Fsp3) is 0.250. The van der Waals surface area contributed by atoms with Crippen molar-refractivity contribution in [2.24, 2.45) is 0 Å². The van der Waals surface area contributed by atoms with Crippen LogP contribution in [-0.4, -0.2) is 42.8 Å². The molecule has 0 spiro atoms. The average Bonchev–Trinajstić information content (AvgIpc) is 2.60. The van der Waals surface area contributed by atoms with Crippen molar-refractivity contribution in [1.82, 2.24) is 4.31 Å². The molecule has 138 valence electrons. The Morgan fingerprint density at radius 1 is 1.15 bits per heavy atom. The smallest absolute Gasteiger partial charge is 0.212 e. The van der Waals surface area contributed by atoms with Crippen LogP contribution in [0.5, 0.6) is 0 Å². The summed E-state index contributed by atoms with van der Waals surface area (Å²) >= 11 is 0. The maximum absolute atomic E-state index is 13.2. The lowest BCUT2D eigenvalue weighted by atomic mass is 9.78. The van der Waals surface area contributed by atoms with Crippen molar-refractivity contribution in [1.29, 1.82) is 5.26 Å². The molecule has 1 N–H and O–H groups in total. The van der Waals surface area contributed by atoms with Gasteiger partial charge in [-0.05, 0) is 35.9 Å². The van der Waals surface area contributed by atoms with E-state index in [0.717, 1.165) is 16.1 Å². The summed E-state index contributed by atoms with van der Waals surface area (Å²) in [4.78, 5) is 0. The number of rotatable bonds is 3. The molecule has 0 radical (unpaired) electrons. The van der Waals surface area contributed by atoms with Gasteiger partial charge < -0.3 is 5.11 Å². The number of benzene rings is 2. The second-order valence-corrected chi connectivity index (χ2v) is 8.21. The Morgan fingerprint density at radius 3 is 2.37 bits per heavy atom. The third-order valence-corrected chi connectivity index (χ3v) is 5.79. The lowest BCUT2D eigenvalue weighted by Crippen LogP contribution is -2.64. The minimum Gasteiger partial charge on any atom is -0.395 e. The molecular formula is C20H17FN2O3S. The van der Waals surface area contributed by atoms with E-state index in [9.17, 15) is 23.2 Å². The molecule has 27 heavy (non-hydrogen) atoms. The third-order valence-electron chi connectivity index (χ3n) is 4.53. The zero-order valence-corrected chi connectivity index (χ0v) is 15.3. The molecule has 1 heterocycles. The van der Waals surface area contributed by atoms with Crippen LogP contribution in [0.1, 0.15) is 22.6 Å². The average molecular weight is 384 g/mol. The van der Waals surface area contributed by atoms with Crippen LogP contribution >= 0.6 is 0 Å². The van der Waals surface area contributed by atoms with E-state index in [2.05, 4.69) is 11.8 Å². The Balaban J connectivity index is 1.83. The molecule has 2 aromatic carbocycles. The Hall–Kier alpha value is -2.71. The first kappa shape index (κ1) is 19.1. The quantitative estimate of drug-likeness (QED) is 0.819. The van der Waals surface area contributed by atoms with Crippen molar-refractivity contribution in [3.05, 3.63) is 71.0 Å². The summed E-state index contributed by atoms with van der Waals surface area (Å²) in [6, 6.07) is 13.6. The van der Waals surface area contributed by atoms with E-state index >= 15 is 0 Å². The van der Waals surface area contributed by atoms with Crippen LogP contribution in [0, 0.1) is 29.0 Å². The molecule has 1 aliphatic rings. The highest BCUT2D eigenvalue weighted by atomic mass is 32.2. The summed E-state index contributed by atoms with van der Waals surface area (Å²) in [7, 11) is -3.58. The summed E-state index contributed by atoms with van der Waals surface area (Å²) in [5.74, 6) is 5.06. The van der Waals surface area contributed by atoms with Crippen molar-refractivity contribution in [3.8, 4) is 17.9 Å². The summed E-state index contributed by atoms with van der Waals surface area (Å²) in [6.45, 7) is -0.364. The Labute approximate surface area is 157 Å². The van der Waals surface area contributed by atoms with Gasteiger partial charge in [-0.1, -0.05) is 30.0 Å². The molecular weight excluding hydrogens is 367 g/mol. The minimum absolute atomic E-state index is 0.352. The van der Waals surface area contributed by atoms with E-state index in [1.165, 1.54) is 12.1 Å². The van der Waals surface area contributed by atoms with Crippen molar-refractivity contribution < 1.29 is 17.9 Å². The normalized spacial score (nSPS) is 22.2. The van der Waals surface area contributed by atoms with Gasteiger partial charge in [-0.3, -0.25) is 0 Å². The number of hydrogen-bond donors (Lipinski definition) is 1. The highest BCUT2D eigenvalue weighted by Crippen LogP contribution is 2.41. The lowest BCUT2D eigenvalue weighted by molar-refractivity contribution is 0.0564. The second kappa shape index (κ2) is 7.50. The molecule has 3 atom stereocenters. The van der Waals surface area contributed by atoms with Crippen LogP contribution in [0.3, 0.4) is 0 Å². The fourth-order valence-electron chi connectivity index (χ4n) is 3.32. The lowest BCUT2D eigenvalue weighted by Gasteiger charge is -2.49. The van der Waals surface area contributed by atoms with Crippen LogP contribution in [-0.2, 0) is 10.0 Å². The minimum atomic E-state index is -3.58. The second-order valence-electron chi connectivity index (χ2n) is 6.32. The van der Waals surface area contributed by atoms with E-state index in [1.807, 2.05) is 6.07 Å². The van der Waals surface area contributed by atoms with Crippen molar-refractivity contribution in [3.63, 3.8) is 0 Å². The number of nitrogens with zero attached hydrogens (tertiary/aromatic N) is 2. The van der Waals surface area contributed by atoms with Crippen LogP contribution in [0.4, 0.5) is 4.39 Å². The molecule has 1 saturated heterocycles. The summed E-state index contributed by atoms with van der Waals surface area (Å²) in [6.07, 6.45) is 1.03. The van der Waals surface area contributed by atoms with E-state index in [1.54, 1.807) is 36.4 Å². The van der Waals surface area contributed by atoms with Gasteiger partial charge in [0.25, 0.3) is 0 Å². The largest absolute Gasteiger partial charge is 0.395 e. The molecule has 0 aromatic heterocycles. The molecule has 1 fully saturated rings.